The molecule has 2 fully saturated rings. The first-order valence-corrected chi connectivity index (χ1v) is 6.88. The highest BCUT2D eigenvalue weighted by atomic mass is 19.3. The lowest BCUT2D eigenvalue weighted by Gasteiger charge is -2.31. The number of likely N-dealkylation sites (tertiary alicyclic amines) is 1. The van der Waals surface area contributed by atoms with E-state index >= 15 is 0 Å². The number of hydrogen-bond donors (Lipinski definition) is 0. The third-order valence-electron chi connectivity index (χ3n) is 3.71. The Kier molecular flexibility index (Phi) is 5.10. The minimum Gasteiger partial charge on any atom is -0.302 e. The summed E-state index contributed by atoms with van der Waals surface area (Å²) in [6.07, 6.45) is 2.94. The van der Waals surface area contributed by atoms with Crippen LogP contribution >= 0.6 is 0 Å². The second-order valence-corrected chi connectivity index (χ2v) is 5.83. The van der Waals surface area contributed by atoms with Gasteiger partial charge in [-0.25, -0.2) is 8.78 Å². The van der Waals surface area contributed by atoms with Gasteiger partial charge in [-0.15, -0.1) is 0 Å². The van der Waals surface area contributed by atoms with E-state index in [4.69, 9.17) is 5.26 Å². The molecule has 1 unspecified atom stereocenters. The first-order chi connectivity index (χ1) is 8.38. The predicted molar refractivity (Wildman–Crippen MR) is 68.4 cm³/mol. The van der Waals surface area contributed by atoms with Crippen LogP contribution in [-0.2, 0) is 0 Å². The summed E-state index contributed by atoms with van der Waals surface area (Å²) >= 11 is 0. The van der Waals surface area contributed by atoms with Crippen LogP contribution in [0.1, 0.15) is 46.5 Å². The molecule has 0 amide bonds. The Bertz CT molecular complexity index is 303. The number of hydrogen-bond acceptors (Lipinski definition) is 2. The van der Waals surface area contributed by atoms with Crippen LogP contribution < -0.4 is 0 Å². The lowest BCUT2D eigenvalue weighted by Crippen LogP contribution is -2.38. The van der Waals surface area contributed by atoms with Crippen LogP contribution in [0.25, 0.3) is 0 Å². The summed E-state index contributed by atoms with van der Waals surface area (Å²) in [7, 11) is 0. The van der Waals surface area contributed by atoms with Crippen molar-refractivity contribution in [3.05, 3.63) is 0 Å². The van der Waals surface area contributed by atoms with E-state index in [0.29, 0.717) is 6.54 Å². The largest absolute Gasteiger partial charge is 0.302 e. The molecule has 1 aliphatic heterocycles. The summed E-state index contributed by atoms with van der Waals surface area (Å²) < 4.78 is 26.0. The topological polar surface area (TPSA) is 27.0 Å². The van der Waals surface area contributed by atoms with Gasteiger partial charge in [-0.1, -0.05) is 27.2 Å². The molecule has 0 spiro atoms. The molecule has 2 rings (SSSR count). The maximum absolute atomic E-state index is 13.0. The molecule has 4 heteroatoms. The summed E-state index contributed by atoms with van der Waals surface area (Å²) in [6.45, 7) is 7.98. The van der Waals surface area contributed by atoms with Crippen LogP contribution in [0.4, 0.5) is 8.78 Å². The van der Waals surface area contributed by atoms with E-state index in [1.165, 1.54) is 6.42 Å². The molecular formula is C14H24F2N2. The van der Waals surface area contributed by atoms with E-state index in [1.807, 2.05) is 0 Å². The van der Waals surface area contributed by atoms with Crippen molar-refractivity contribution in [1.29, 1.82) is 5.26 Å². The van der Waals surface area contributed by atoms with Gasteiger partial charge in [0.25, 0.3) is 5.92 Å². The van der Waals surface area contributed by atoms with Gasteiger partial charge >= 0.3 is 0 Å². The number of nitrogens with zero attached hydrogens (tertiary/aromatic N) is 2. The van der Waals surface area contributed by atoms with E-state index in [2.05, 4.69) is 24.8 Å². The fraction of sp³-hybridized carbons (Fsp3) is 0.929. The molecule has 0 aromatic carbocycles. The number of nitriles is 1. The average molecular weight is 258 g/mol. The first-order valence-electron chi connectivity index (χ1n) is 6.88. The lowest BCUT2D eigenvalue weighted by molar-refractivity contribution is 0.0479. The molecule has 2 nitrogen and oxygen atoms in total. The Labute approximate surface area is 109 Å². The zero-order valence-corrected chi connectivity index (χ0v) is 11.7. The third kappa shape index (κ3) is 3.65. The van der Waals surface area contributed by atoms with Crippen molar-refractivity contribution >= 4 is 0 Å². The maximum Gasteiger partial charge on any atom is 0.255 e. The highest BCUT2D eigenvalue weighted by Crippen LogP contribution is 2.60. The Morgan fingerprint density at radius 2 is 1.72 bits per heavy atom. The summed E-state index contributed by atoms with van der Waals surface area (Å²) in [5, 5.41) is 8.72. The van der Waals surface area contributed by atoms with E-state index in [1.54, 1.807) is 6.92 Å². The molecular weight excluding hydrogens is 234 g/mol. The summed E-state index contributed by atoms with van der Waals surface area (Å²) in [5.41, 5.74) is -0.799. The number of rotatable bonds is 2. The van der Waals surface area contributed by atoms with Gasteiger partial charge in [0.15, 0.2) is 0 Å². The molecule has 104 valence electrons. The smallest absolute Gasteiger partial charge is 0.255 e. The predicted octanol–water partition coefficient (Wildman–Crippen LogP) is 3.68. The fourth-order valence-corrected chi connectivity index (χ4v) is 2.33. The third-order valence-corrected chi connectivity index (χ3v) is 3.71. The SMILES string of the molecule is CC1(CN2CCC(C#N)CC2)CC1(F)F.CCC. The Hall–Kier alpha value is -0.690. The van der Waals surface area contributed by atoms with Gasteiger partial charge in [-0.2, -0.15) is 5.26 Å². The fourth-order valence-electron chi connectivity index (χ4n) is 2.33. The normalized spacial score (nSPS) is 31.1. The molecule has 0 N–H and O–H groups in total. The number of piperidine rings is 1. The molecule has 0 aromatic heterocycles. The van der Waals surface area contributed by atoms with Crippen LogP contribution in [0.15, 0.2) is 0 Å². The second-order valence-electron chi connectivity index (χ2n) is 5.83. The van der Waals surface area contributed by atoms with Gasteiger partial charge < -0.3 is 4.90 Å². The summed E-state index contributed by atoms with van der Waals surface area (Å²) in [4.78, 5) is 2.08. The number of halogens is 2. The van der Waals surface area contributed by atoms with E-state index < -0.39 is 11.3 Å². The van der Waals surface area contributed by atoms with E-state index in [9.17, 15) is 8.78 Å². The van der Waals surface area contributed by atoms with Crippen molar-refractivity contribution in [2.24, 2.45) is 11.3 Å². The van der Waals surface area contributed by atoms with Crippen LogP contribution in [-0.4, -0.2) is 30.5 Å². The zero-order chi connectivity index (χ0) is 13.8. The Morgan fingerprint density at radius 3 is 2.06 bits per heavy atom. The highest BCUT2D eigenvalue weighted by Gasteiger charge is 2.67. The zero-order valence-electron chi connectivity index (χ0n) is 11.7. The number of alkyl halides is 2. The lowest BCUT2D eigenvalue weighted by atomic mass is 9.97. The molecule has 1 aliphatic carbocycles. The van der Waals surface area contributed by atoms with Crippen LogP contribution in [0.3, 0.4) is 0 Å². The van der Waals surface area contributed by atoms with Gasteiger partial charge in [0.05, 0.1) is 6.07 Å². The molecule has 1 saturated carbocycles. The Morgan fingerprint density at radius 1 is 1.28 bits per heavy atom. The molecule has 18 heavy (non-hydrogen) atoms. The molecule has 0 radical (unpaired) electrons. The van der Waals surface area contributed by atoms with Gasteiger partial charge in [-0.05, 0) is 25.9 Å². The van der Waals surface area contributed by atoms with Gasteiger partial charge in [0, 0.05) is 24.3 Å². The molecule has 1 heterocycles. The standard InChI is InChI=1S/C11H16F2N2.C3H8/c1-10(7-11(10,12)13)8-15-4-2-9(6-14)3-5-15;1-3-2/h9H,2-5,7-8H2,1H3;3H2,1-2H3. The molecule has 0 aromatic rings. The first kappa shape index (κ1) is 15.4. The van der Waals surface area contributed by atoms with E-state index in [-0.39, 0.29) is 12.3 Å². The average Bonchev–Trinajstić information content (AvgIpc) is 2.79. The maximum atomic E-state index is 13.0. The van der Waals surface area contributed by atoms with Crippen LogP contribution in [0.5, 0.6) is 0 Å². The molecule has 1 atom stereocenters. The highest BCUT2D eigenvalue weighted by molar-refractivity contribution is 5.08. The van der Waals surface area contributed by atoms with Gasteiger partial charge in [0.2, 0.25) is 0 Å². The van der Waals surface area contributed by atoms with E-state index in [0.717, 1.165) is 25.9 Å². The van der Waals surface area contributed by atoms with Crippen molar-refractivity contribution in [3.63, 3.8) is 0 Å². The second kappa shape index (κ2) is 5.97. The quantitative estimate of drug-likeness (QED) is 0.755. The van der Waals surface area contributed by atoms with Crippen LogP contribution in [0, 0.1) is 22.7 Å². The van der Waals surface area contributed by atoms with Crippen molar-refractivity contribution in [2.75, 3.05) is 19.6 Å². The summed E-state index contributed by atoms with van der Waals surface area (Å²) in [6, 6.07) is 2.24. The van der Waals surface area contributed by atoms with Gasteiger partial charge in [-0.3, -0.25) is 0 Å². The minimum absolute atomic E-state index is 0.0260. The molecule has 0 bridgehead atoms. The van der Waals surface area contributed by atoms with Gasteiger partial charge in [0.1, 0.15) is 0 Å². The Balaban J connectivity index is 0.000000492. The van der Waals surface area contributed by atoms with Crippen molar-refractivity contribution in [3.8, 4) is 6.07 Å². The monoisotopic (exact) mass is 258 g/mol. The van der Waals surface area contributed by atoms with Crippen molar-refractivity contribution in [1.82, 2.24) is 4.90 Å². The van der Waals surface area contributed by atoms with Crippen molar-refractivity contribution in [2.45, 2.75) is 52.4 Å². The minimum atomic E-state index is -2.46. The van der Waals surface area contributed by atoms with Crippen molar-refractivity contribution < 1.29 is 8.78 Å². The molecule has 2 aliphatic rings. The summed E-state index contributed by atoms with van der Waals surface area (Å²) in [5.74, 6) is -2.33. The molecule has 1 saturated heterocycles. The van der Waals surface area contributed by atoms with Crippen LogP contribution in [0.2, 0.25) is 0 Å².